The first kappa shape index (κ1) is 20.9. The van der Waals surface area contributed by atoms with E-state index in [1.807, 2.05) is 30.3 Å². The average molecular weight is 437 g/mol. The van der Waals surface area contributed by atoms with E-state index >= 15 is 0 Å². The number of carbonyl (C=O) groups excluding carboxylic acids is 1. The van der Waals surface area contributed by atoms with Crippen molar-refractivity contribution >= 4 is 23.2 Å². The Morgan fingerprint density at radius 2 is 1.90 bits per heavy atom. The molecule has 1 heterocycles. The molecule has 0 N–H and O–H groups in total. The minimum atomic E-state index is -0.509. The molecule has 0 radical (unpaired) electrons. The number of ketones is 1. The quantitative estimate of drug-likeness (QED) is 0.286. The number of fused-ring (bicyclic) bond motifs is 1. The van der Waals surface area contributed by atoms with Crippen LogP contribution in [0.1, 0.15) is 26.9 Å². The van der Waals surface area contributed by atoms with Gasteiger partial charge in [0.1, 0.15) is 5.44 Å². The molecule has 1 aliphatic rings. The van der Waals surface area contributed by atoms with Gasteiger partial charge >= 0.3 is 0 Å². The Morgan fingerprint density at radius 3 is 2.65 bits per heavy atom. The van der Waals surface area contributed by atoms with Gasteiger partial charge in [-0.1, -0.05) is 36.0 Å². The lowest BCUT2D eigenvalue weighted by Gasteiger charge is -2.25. The fraction of sp³-hybridized carbons (Fsp3) is 0.174. The largest absolute Gasteiger partial charge is 0.493 e. The van der Waals surface area contributed by atoms with Gasteiger partial charge in [0.2, 0.25) is 0 Å². The topological polar surface area (TPSA) is 87.9 Å². The SMILES string of the molecule is COc1ccc(C2OCc3ccccc3S2)cc1OCC(=O)c1ccc([N+](=O)[O-])cc1. The second-order valence-corrected chi connectivity index (χ2v) is 7.90. The third kappa shape index (κ3) is 4.70. The number of non-ortho nitro benzene ring substituents is 1. The van der Waals surface area contributed by atoms with Crippen molar-refractivity contribution in [1.82, 2.24) is 0 Å². The predicted molar refractivity (Wildman–Crippen MR) is 116 cm³/mol. The first-order valence-corrected chi connectivity index (χ1v) is 10.4. The molecular weight excluding hydrogens is 418 g/mol. The summed E-state index contributed by atoms with van der Waals surface area (Å²) in [6.07, 6.45) is 0. The van der Waals surface area contributed by atoms with Crippen molar-refractivity contribution in [2.75, 3.05) is 13.7 Å². The third-order valence-electron chi connectivity index (χ3n) is 4.82. The van der Waals surface area contributed by atoms with Crippen LogP contribution in [0.25, 0.3) is 0 Å². The zero-order chi connectivity index (χ0) is 21.8. The van der Waals surface area contributed by atoms with Crippen LogP contribution in [0.2, 0.25) is 0 Å². The first-order valence-electron chi connectivity index (χ1n) is 9.49. The number of nitrogens with zero attached hydrogens (tertiary/aromatic N) is 1. The van der Waals surface area contributed by atoms with Gasteiger partial charge in [0.05, 0.1) is 18.6 Å². The minimum Gasteiger partial charge on any atom is -0.493 e. The maximum absolute atomic E-state index is 12.5. The molecule has 1 aliphatic heterocycles. The number of hydrogen-bond donors (Lipinski definition) is 0. The minimum absolute atomic E-state index is 0.0709. The van der Waals surface area contributed by atoms with Gasteiger partial charge in [-0.05, 0) is 41.5 Å². The average Bonchev–Trinajstić information content (AvgIpc) is 2.82. The normalized spacial score (nSPS) is 15.1. The summed E-state index contributed by atoms with van der Waals surface area (Å²) in [5.41, 5.74) is 2.12. The molecule has 0 fully saturated rings. The van der Waals surface area contributed by atoms with E-state index in [0.717, 1.165) is 11.1 Å². The molecule has 3 aromatic rings. The van der Waals surface area contributed by atoms with Crippen LogP contribution in [0.5, 0.6) is 11.5 Å². The van der Waals surface area contributed by atoms with Gasteiger partial charge in [-0.3, -0.25) is 14.9 Å². The number of rotatable bonds is 7. The second-order valence-electron chi connectivity index (χ2n) is 6.79. The molecule has 0 bridgehead atoms. The van der Waals surface area contributed by atoms with Gasteiger partial charge in [-0.25, -0.2) is 0 Å². The van der Waals surface area contributed by atoms with Crippen molar-refractivity contribution in [1.29, 1.82) is 0 Å². The zero-order valence-electron chi connectivity index (χ0n) is 16.6. The van der Waals surface area contributed by atoms with Crippen molar-refractivity contribution in [2.45, 2.75) is 16.9 Å². The smallest absolute Gasteiger partial charge is 0.269 e. The number of nitro groups is 1. The monoisotopic (exact) mass is 437 g/mol. The van der Waals surface area contributed by atoms with Crippen molar-refractivity contribution in [3.05, 3.63) is 93.5 Å². The first-order chi connectivity index (χ1) is 15.0. The number of carbonyl (C=O) groups is 1. The van der Waals surface area contributed by atoms with Gasteiger partial charge in [0, 0.05) is 22.6 Å². The molecule has 0 spiro atoms. The molecule has 3 aromatic carbocycles. The fourth-order valence-corrected chi connectivity index (χ4v) is 4.25. The van der Waals surface area contributed by atoms with Crippen LogP contribution in [0, 0.1) is 10.1 Å². The predicted octanol–water partition coefficient (Wildman–Crippen LogP) is 5.19. The molecule has 0 saturated carbocycles. The van der Waals surface area contributed by atoms with Gasteiger partial charge in [0.25, 0.3) is 5.69 Å². The number of Topliss-reactive ketones (excluding diaryl/α,β-unsaturated/α-hetero) is 1. The van der Waals surface area contributed by atoms with Gasteiger partial charge < -0.3 is 14.2 Å². The highest BCUT2D eigenvalue weighted by molar-refractivity contribution is 7.99. The summed E-state index contributed by atoms with van der Waals surface area (Å²) in [4.78, 5) is 23.9. The Hall–Kier alpha value is -3.36. The van der Waals surface area contributed by atoms with Crippen LogP contribution in [-0.4, -0.2) is 24.4 Å². The number of ether oxygens (including phenoxy) is 3. The molecule has 0 aromatic heterocycles. The Bertz CT molecular complexity index is 1120. The molecule has 0 amide bonds. The van der Waals surface area contributed by atoms with Gasteiger partial charge in [-0.15, -0.1) is 0 Å². The molecular formula is C23H19NO6S. The molecule has 158 valence electrons. The molecule has 7 nitrogen and oxygen atoms in total. The van der Waals surface area contributed by atoms with Crippen LogP contribution in [0.15, 0.2) is 71.6 Å². The summed E-state index contributed by atoms with van der Waals surface area (Å²) in [5, 5.41) is 10.8. The highest BCUT2D eigenvalue weighted by Crippen LogP contribution is 2.44. The van der Waals surface area contributed by atoms with E-state index in [-0.39, 0.29) is 23.5 Å². The maximum atomic E-state index is 12.5. The Kier molecular flexibility index (Phi) is 6.20. The highest BCUT2D eigenvalue weighted by atomic mass is 32.2. The Morgan fingerprint density at radius 1 is 1.13 bits per heavy atom. The van der Waals surface area contributed by atoms with Crippen LogP contribution in [0.3, 0.4) is 0 Å². The summed E-state index contributed by atoms with van der Waals surface area (Å²) in [6.45, 7) is 0.299. The third-order valence-corrected chi connectivity index (χ3v) is 6.09. The number of hydrogen-bond acceptors (Lipinski definition) is 7. The van der Waals surface area contributed by atoms with E-state index in [1.165, 1.54) is 36.3 Å². The van der Waals surface area contributed by atoms with E-state index in [4.69, 9.17) is 14.2 Å². The fourth-order valence-electron chi connectivity index (χ4n) is 3.17. The molecule has 8 heteroatoms. The number of nitro benzene ring substituents is 1. The van der Waals surface area contributed by atoms with E-state index in [0.29, 0.717) is 23.7 Å². The van der Waals surface area contributed by atoms with Crippen LogP contribution in [-0.2, 0) is 11.3 Å². The van der Waals surface area contributed by atoms with Crippen molar-refractivity contribution in [3.8, 4) is 11.5 Å². The standard InChI is InChI=1S/C23H19NO6S/c1-28-20-11-8-16(23-30-13-17-4-2-3-5-22(17)31-23)12-21(20)29-14-19(25)15-6-9-18(10-7-15)24(26)27/h2-12,23H,13-14H2,1H3. The Labute approximate surface area is 183 Å². The van der Waals surface area contributed by atoms with Crippen LogP contribution >= 0.6 is 11.8 Å². The summed E-state index contributed by atoms with van der Waals surface area (Å²) >= 11 is 1.62. The van der Waals surface area contributed by atoms with Gasteiger partial charge in [0.15, 0.2) is 23.9 Å². The van der Waals surface area contributed by atoms with Crippen LogP contribution in [0.4, 0.5) is 5.69 Å². The summed E-state index contributed by atoms with van der Waals surface area (Å²) < 4.78 is 17.1. The van der Waals surface area contributed by atoms with Gasteiger partial charge in [-0.2, -0.15) is 0 Å². The molecule has 4 rings (SSSR count). The van der Waals surface area contributed by atoms with E-state index in [1.54, 1.807) is 17.8 Å². The second kappa shape index (κ2) is 9.20. The van der Waals surface area contributed by atoms with E-state index in [2.05, 4.69) is 6.07 Å². The molecule has 1 atom stereocenters. The lowest BCUT2D eigenvalue weighted by molar-refractivity contribution is -0.384. The molecule has 0 aliphatic carbocycles. The van der Waals surface area contributed by atoms with Crippen LogP contribution < -0.4 is 9.47 Å². The van der Waals surface area contributed by atoms with E-state index < -0.39 is 4.92 Å². The Balaban J connectivity index is 1.48. The maximum Gasteiger partial charge on any atom is 0.269 e. The van der Waals surface area contributed by atoms with Crippen molar-refractivity contribution in [2.24, 2.45) is 0 Å². The number of benzene rings is 3. The number of methoxy groups -OCH3 is 1. The van der Waals surface area contributed by atoms with E-state index in [9.17, 15) is 14.9 Å². The lowest BCUT2D eigenvalue weighted by atomic mass is 10.1. The van der Waals surface area contributed by atoms with Crippen molar-refractivity contribution < 1.29 is 23.9 Å². The number of thioether (sulfide) groups is 1. The summed E-state index contributed by atoms with van der Waals surface area (Å²) in [6, 6.07) is 19.0. The highest BCUT2D eigenvalue weighted by Gasteiger charge is 2.23. The molecule has 1 unspecified atom stereocenters. The lowest BCUT2D eigenvalue weighted by Crippen LogP contribution is -2.13. The molecule has 0 saturated heterocycles. The molecule has 31 heavy (non-hydrogen) atoms. The summed E-state index contributed by atoms with van der Waals surface area (Å²) in [5.74, 6) is 0.638. The summed E-state index contributed by atoms with van der Waals surface area (Å²) in [7, 11) is 1.53. The van der Waals surface area contributed by atoms with Crippen molar-refractivity contribution in [3.63, 3.8) is 0 Å². The zero-order valence-corrected chi connectivity index (χ0v) is 17.5.